The van der Waals surface area contributed by atoms with Gasteiger partial charge in [0.2, 0.25) is 5.91 Å². The number of nitrogens with one attached hydrogen (secondary N) is 1. The van der Waals surface area contributed by atoms with Crippen LogP contribution in [0.5, 0.6) is 0 Å². The van der Waals surface area contributed by atoms with Gasteiger partial charge in [-0.3, -0.25) is 4.79 Å². The lowest BCUT2D eigenvalue weighted by Gasteiger charge is -2.23. The summed E-state index contributed by atoms with van der Waals surface area (Å²) < 4.78 is 0. The first-order chi connectivity index (χ1) is 12.0. The van der Waals surface area contributed by atoms with E-state index in [2.05, 4.69) is 35.1 Å². The highest BCUT2D eigenvalue weighted by Crippen LogP contribution is 2.28. The summed E-state index contributed by atoms with van der Waals surface area (Å²) in [5.41, 5.74) is 9.79. The minimum Gasteiger partial charge on any atom is -0.384 e. The molecule has 3 rings (SSSR count). The van der Waals surface area contributed by atoms with Crippen LogP contribution in [-0.2, 0) is 4.79 Å². The van der Waals surface area contributed by atoms with Gasteiger partial charge in [-0.2, -0.15) is 0 Å². The summed E-state index contributed by atoms with van der Waals surface area (Å²) in [6.07, 6.45) is 6.93. The smallest absolute Gasteiger partial charge is 0.246 e. The summed E-state index contributed by atoms with van der Waals surface area (Å²) in [6.45, 7) is 4.10. The first kappa shape index (κ1) is 16.8. The van der Waals surface area contributed by atoms with Crippen LogP contribution in [0.3, 0.4) is 0 Å². The quantitative estimate of drug-likeness (QED) is 0.715. The van der Waals surface area contributed by atoms with Crippen LogP contribution in [0.25, 0.3) is 17.0 Å². The molecule has 1 amide bonds. The van der Waals surface area contributed by atoms with Gasteiger partial charge in [-0.25, -0.2) is 4.98 Å². The molecule has 0 fully saturated rings. The van der Waals surface area contributed by atoms with Crippen molar-refractivity contribution in [3.8, 4) is 0 Å². The number of aromatic amines is 1. The van der Waals surface area contributed by atoms with Gasteiger partial charge in [0, 0.05) is 36.4 Å². The molecule has 0 aliphatic rings. The normalized spacial score (nSPS) is 12.6. The number of nitrogen functional groups attached to an aromatic ring is 1. The predicted octanol–water partition coefficient (Wildman–Crippen LogP) is 3.69. The summed E-state index contributed by atoms with van der Waals surface area (Å²) in [7, 11) is 1.81. The molecule has 5 heteroatoms. The zero-order valence-corrected chi connectivity index (χ0v) is 14.7. The largest absolute Gasteiger partial charge is 0.384 e. The molecular formula is C20H22N4O. The summed E-state index contributed by atoms with van der Waals surface area (Å²) in [6, 6.07) is 9.79. The number of likely N-dealkylation sites (N-methyl/N-ethyl adjacent to an activating group) is 1. The molecule has 0 radical (unpaired) electrons. The van der Waals surface area contributed by atoms with Crippen LogP contribution in [0.4, 0.5) is 5.82 Å². The van der Waals surface area contributed by atoms with Crippen molar-refractivity contribution >= 4 is 28.7 Å². The van der Waals surface area contributed by atoms with Crippen molar-refractivity contribution in [2.24, 2.45) is 0 Å². The number of hydrogen-bond donors (Lipinski definition) is 2. The topological polar surface area (TPSA) is 75.0 Å². The number of rotatable bonds is 4. The fourth-order valence-corrected chi connectivity index (χ4v) is 2.80. The lowest BCUT2D eigenvalue weighted by molar-refractivity contribution is -0.126. The number of carbonyl (C=O) groups excluding carboxylic acids is 1. The Morgan fingerprint density at radius 2 is 2.12 bits per heavy atom. The number of hydrogen-bond acceptors (Lipinski definition) is 3. The van der Waals surface area contributed by atoms with Gasteiger partial charge < -0.3 is 15.6 Å². The Hall–Kier alpha value is -3.08. The highest BCUT2D eigenvalue weighted by molar-refractivity contribution is 5.92. The molecule has 1 unspecified atom stereocenters. The number of fused-ring (bicyclic) bond motifs is 1. The first-order valence-electron chi connectivity index (χ1n) is 8.20. The van der Waals surface area contributed by atoms with Crippen molar-refractivity contribution in [2.45, 2.75) is 19.9 Å². The van der Waals surface area contributed by atoms with Gasteiger partial charge in [0.15, 0.2) is 0 Å². The van der Waals surface area contributed by atoms with Gasteiger partial charge in [-0.05, 0) is 55.3 Å². The molecule has 0 aliphatic heterocycles. The number of amides is 1. The number of nitrogens with two attached hydrogens (primary N) is 1. The van der Waals surface area contributed by atoms with Gasteiger partial charge >= 0.3 is 0 Å². The zero-order chi connectivity index (χ0) is 18.0. The Labute approximate surface area is 147 Å². The first-order valence-corrected chi connectivity index (χ1v) is 8.20. The van der Waals surface area contributed by atoms with E-state index in [1.807, 2.05) is 26.2 Å². The summed E-state index contributed by atoms with van der Waals surface area (Å²) in [5, 5.41) is 1.15. The molecule has 25 heavy (non-hydrogen) atoms. The van der Waals surface area contributed by atoms with Gasteiger partial charge in [-0.15, -0.1) is 0 Å². The molecule has 3 N–H and O–H groups in total. The molecule has 0 aliphatic carbocycles. The zero-order valence-electron chi connectivity index (χ0n) is 14.7. The number of pyridine rings is 1. The third kappa shape index (κ3) is 3.55. The molecule has 1 atom stereocenters. The van der Waals surface area contributed by atoms with Crippen molar-refractivity contribution in [3.05, 3.63) is 65.5 Å². The van der Waals surface area contributed by atoms with Crippen molar-refractivity contribution in [1.82, 2.24) is 14.9 Å². The molecule has 0 saturated carbocycles. The Morgan fingerprint density at radius 1 is 1.32 bits per heavy atom. The average molecular weight is 334 g/mol. The molecule has 128 valence electrons. The number of nitrogens with zero attached hydrogens (tertiary/aromatic N) is 2. The number of H-pyrrole nitrogens is 1. The van der Waals surface area contributed by atoms with Crippen LogP contribution < -0.4 is 5.73 Å². The Morgan fingerprint density at radius 3 is 2.84 bits per heavy atom. The minimum atomic E-state index is -0.0636. The Bertz CT molecular complexity index is 925. The highest BCUT2D eigenvalue weighted by Gasteiger charge is 2.18. The standard InChI is InChI=1S/C20H22N4O/c1-13-4-7-18-16(10-13)17(12-22-18)14(2)24(3)20(25)9-6-15-5-8-19(21)23-11-15/h4-12,14,22H,1-3H3,(H2,21,23)/b9-6+. The summed E-state index contributed by atoms with van der Waals surface area (Å²) in [4.78, 5) is 21.5. The van der Waals surface area contributed by atoms with Crippen LogP contribution in [0.15, 0.2) is 48.8 Å². The van der Waals surface area contributed by atoms with Crippen LogP contribution in [0, 0.1) is 6.92 Å². The third-order valence-corrected chi connectivity index (χ3v) is 4.48. The second-order valence-corrected chi connectivity index (χ2v) is 6.27. The molecule has 5 nitrogen and oxygen atoms in total. The van der Waals surface area contributed by atoms with Crippen molar-refractivity contribution in [2.75, 3.05) is 12.8 Å². The number of aromatic nitrogens is 2. The molecule has 1 aromatic carbocycles. The van der Waals surface area contributed by atoms with E-state index >= 15 is 0 Å². The second-order valence-electron chi connectivity index (χ2n) is 6.27. The van der Waals surface area contributed by atoms with E-state index in [4.69, 9.17) is 5.73 Å². The van der Waals surface area contributed by atoms with E-state index in [9.17, 15) is 4.79 Å². The van der Waals surface area contributed by atoms with E-state index in [1.165, 1.54) is 5.56 Å². The van der Waals surface area contributed by atoms with Gasteiger partial charge in [-0.1, -0.05) is 11.6 Å². The van der Waals surface area contributed by atoms with E-state index in [-0.39, 0.29) is 11.9 Å². The van der Waals surface area contributed by atoms with Crippen molar-refractivity contribution < 1.29 is 4.79 Å². The SMILES string of the molecule is Cc1ccc2[nH]cc(C(C)N(C)C(=O)/C=C/c3ccc(N)nc3)c2c1. The summed E-state index contributed by atoms with van der Waals surface area (Å²) in [5.74, 6) is 0.398. The van der Waals surface area contributed by atoms with E-state index < -0.39 is 0 Å². The van der Waals surface area contributed by atoms with Crippen LogP contribution in [0.2, 0.25) is 0 Å². The molecule has 0 bridgehead atoms. The highest BCUT2D eigenvalue weighted by atomic mass is 16.2. The Kier molecular flexibility index (Phi) is 4.57. The molecule has 2 aromatic heterocycles. The molecule has 3 aromatic rings. The predicted molar refractivity (Wildman–Crippen MR) is 102 cm³/mol. The third-order valence-electron chi connectivity index (χ3n) is 4.48. The van der Waals surface area contributed by atoms with Crippen molar-refractivity contribution in [3.63, 3.8) is 0 Å². The fraction of sp³-hybridized carbons (Fsp3) is 0.200. The van der Waals surface area contributed by atoms with Crippen LogP contribution in [-0.4, -0.2) is 27.8 Å². The lowest BCUT2D eigenvalue weighted by Crippen LogP contribution is -2.27. The number of benzene rings is 1. The second kappa shape index (κ2) is 6.81. The minimum absolute atomic E-state index is 0.0442. The average Bonchev–Trinajstić information content (AvgIpc) is 3.02. The van der Waals surface area contributed by atoms with Crippen LogP contribution in [0.1, 0.15) is 29.7 Å². The molecule has 2 heterocycles. The van der Waals surface area contributed by atoms with Gasteiger partial charge in [0.1, 0.15) is 5.82 Å². The fourth-order valence-electron chi connectivity index (χ4n) is 2.80. The molecular weight excluding hydrogens is 312 g/mol. The number of aryl methyl sites for hydroxylation is 1. The maximum absolute atomic E-state index is 12.5. The lowest BCUT2D eigenvalue weighted by atomic mass is 10.0. The van der Waals surface area contributed by atoms with E-state index in [0.717, 1.165) is 22.0 Å². The maximum atomic E-state index is 12.5. The molecule has 0 saturated heterocycles. The van der Waals surface area contributed by atoms with Gasteiger partial charge in [0.05, 0.1) is 6.04 Å². The van der Waals surface area contributed by atoms with Crippen molar-refractivity contribution in [1.29, 1.82) is 0 Å². The maximum Gasteiger partial charge on any atom is 0.246 e. The van der Waals surface area contributed by atoms with Gasteiger partial charge in [0.25, 0.3) is 0 Å². The van der Waals surface area contributed by atoms with E-state index in [1.54, 1.807) is 29.3 Å². The van der Waals surface area contributed by atoms with Crippen LogP contribution >= 0.6 is 0 Å². The summed E-state index contributed by atoms with van der Waals surface area (Å²) >= 11 is 0. The number of carbonyl (C=O) groups is 1. The van der Waals surface area contributed by atoms with E-state index in [0.29, 0.717) is 5.82 Å². The monoisotopic (exact) mass is 334 g/mol. The molecule has 0 spiro atoms. The number of anilines is 1. The Balaban J connectivity index is 1.78.